The molecule has 2 aromatic heterocycles. The van der Waals surface area contributed by atoms with Gasteiger partial charge in [-0.15, -0.1) is 0 Å². The van der Waals surface area contributed by atoms with Crippen molar-refractivity contribution >= 4 is 5.91 Å². The number of amides is 1. The maximum absolute atomic E-state index is 12.2. The van der Waals surface area contributed by atoms with Crippen LogP contribution in [-0.2, 0) is 4.79 Å². The van der Waals surface area contributed by atoms with E-state index >= 15 is 0 Å². The predicted molar refractivity (Wildman–Crippen MR) is 119 cm³/mol. The van der Waals surface area contributed by atoms with E-state index in [4.69, 9.17) is 4.98 Å². The zero-order chi connectivity index (χ0) is 20.8. The maximum atomic E-state index is 12.2. The lowest BCUT2D eigenvalue weighted by Crippen LogP contribution is -2.31. The molecule has 2 aliphatic rings. The smallest absolute Gasteiger partial charge is 0.220 e. The summed E-state index contributed by atoms with van der Waals surface area (Å²) in [6.45, 7) is 2.79. The Bertz CT molecular complexity index is 824. The summed E-state index contributed by atoms with van der Waals surface area (Å²) in [5.41, 5.74) is 3.44. The standard InChI is InChI=1S/C25H34N4O/c1-18-27-17-23(21-12-14-26-15-13-21)25(29-18)22-9-6-20(7-10-22)16-28-24(30)11-8-19-4-2-3-5-19/h12-15,17,19-20,22H,2-11,16H2,1H3,(H,28,30). The van der Waals surface area contributed by atoms with E-state index < -0.39 is 0 Å². The molecule has 1 amide bonds. The van der Waals surface area contributed by atoms with Crippen LogP contribution in [0.2, 0.25) is 0 Å². The SMILES string of the molecule is Cc1ncc(-c2ccncc2)c(C2CCC(CNC(=O)CCC3CCCC3)CC2)n1. The largest absolute Gasteiger partial charge is 0.356 e. The molecule has 0 bridgehead atoms. The van der Waals surface area contributed by atoms with Gasteiger partial charge in [0.2, 0.25) is 5.91 Å². The van der Waals surface area contributed by atoms with Crippen molar-refractivity contribution in [3.63, 3.8) is 0 Å². The van der Waals surface area contributed by atoms with Gasteiger partial charge < -0.3 is 5.32 Å². The molecule has 2 aromatic rings. The summed E-state index contributed by atoms with van der Waals surface area (Å²) in [6, 6.07) is 4.06. The summed E-state index contributed by atoms with van der Waals surface area (Å²) in [5, 5.41) is 3.21. The van der Waals surface area contributed by atoms with Crippen LogP contribution in [0, 0.1) is 18.8 Å². The molecule has 0 aromatic carbocycles. The van der Waals surface area contributed by atoms with Crippen molar-refractivity contribution in [2.24, 2.45) is 11.8 Å². The van der Waals surface area contributed by atoms with Crippen LogP contribution in [0.5, 0.6) is 0 Å². The summed E-state index contributed by atoms with van der Waals surface area (Å²) >= 11 is 0. The summed E-state index contributed by atoms with van der Waals surface area (Å²) < 4.78 is 0. The third-order valence-electron chi connectivity index (χ3n) is 7.01. The fourth-order valence-corrected chi connectivity index (χ4v) is 5.17. The van der Waals surface area contributed by atoms with Crippen molar-refractivity contribution in [3.05, 3.63) is 42.2 Å². The minimum atomic E-state index is 0.246. The van der Waals surface area contributed by atoms with E-state index in [1.165, 1.54) is 31.4 Å². The fraction of sp³-hybridized carbons (Fsp3) is 0.600. The lowest BCUT2D eigenvalue weighted by molar-refractivity contribution is -0.121. The Labute approximate surface area is 180 Å². The van der Waals surface area contributed by atoms with Crippen LogP contribution in [0.1, 0.15) is 81.6 Å². The fourth-order valence-electron chi connectivity index (χ4n) is 5.17. The number of aryl methyl sites for hydroxylation is 1. The van der Waals surface area contributed by atoms with Gasteiger partial charge in [-0.1, -0.05) is 25.7 Å². The highest BCUT2D eigenvalue weighted by Crippen LogP contribution is 2.38. The van der Waals surface area contributed by atoms with Gasteiger partial charge in [0.05, 0.1) is 5.69 Å². The Balaban J connectivity index is 1.28. The van der Waals surface area contributed by atoms with E-state index in [9.17, 15) is 4.79 Å². The highest BCUT2D eigenvalue weighted by Gasteiger charge is 2.26. The summed E-state index contributed by atoms with van der Waals surface area (Å²) in [7, 11) is 0. The van der Waals surface area contributed by atoms with Crippen LogP contribution in [0.4, 0.5) is 0 Å². The van der Waals surface area contributed by atoms with Crippen LogP contribution >= 0.6 is 0 Å². The first-order valence-electron chi connectivity index (χ1n) is 11.7. The van der Waals surface area contributed by atoms with Gasteiger partial charge in [-0.3, -0.25) is 9.78 Å². The molecule has 2 fully saturated rings. The zero-order valence-electron chi connectivity index (χ0n) is 18.1. The average Bonchev–Trinajstić information content (AvgIpc) is 3.31. The van der Waals surface area contributed by atoms with Crippen molar-refractivity contribution in [2.75, 3.05) is 6.54 Å². The molecule has 30 heavy (non-hydrogen) atoms. The van der Waals surface area contributed by atoms with Gasteiger partial charge in [0.25, 0.3) is 0 Å². The number of hydrogen-bond acceptors (Lipinski definition) is 4. The molecular formula is C25H34N4O. The Kier molecular flexibility index (Phi) is 7.08. The molecule has 0 aliphatic heterocycles. The summed E-state index contributed by atoms with van der Waals surface area (Å²) in [5.74, 6) is 2.92. The van der Waals surface area contributed by atoms with Crippen molar-refractivity contribution in [2.45, 2.75) is 77.0 Å². The molecular weight excluding hydrogens is 372 g/mol. The van der Waals surface area contributed by atoms with Crippen molar-refractivity contribution in [1.82, 2.24) is 20.3 Å². The van der Waals surface area contributed by atoms with E-state index in [1.807, 2.05) is 37.6 Å². The lowest BCUT2D eigenvalue weighted by Gasteiger charge is -2.29. The number of rotatable bonds is 7. The second kappa shape index (κ2) is 10.1. The third-order valence-corrected chi connectivity index (χ3v) is 7.01. The Hall–Kier alpha value is -2.30. The van der Waals surface area contributed by atoms with Crippen molar-refractivity contribution in [3.8, 4) is 11.1 Å². The molecule has 0 saturated heterocycles. The number of aromatic nitrogens is 3. The zero-order valence-corrected chi connectivity index (χ0v) is 18.1. The molecule has 5 heteroatoms. The van der Waals surface area contributed by atoms with E-state index in [0.29, 0.717) is 18.3 Å². The monoisotopic (exact) mass is 406 g/mol. The lowest BCUT2D eigenvalue weighted by atomic mass is 9.79. The second-order valence-corrected chi connectivity index (χ2v) is 9.16. The van der Waals surface area contributed by atoms with Gasteiger partial charge in [-0.2, -0.15) is 0 Å². The predicted octanol–water partition coefficient (Wildman–Crippen LogP) is 5.21. The molecule has 2 aliphatic carbocycles. The first-order chi connectivity index (χ1) is 14.7. The number of carbonyl (C=O) groups is 1. The minimum absolute atomic E-state index is 0.246. The van der Waals surface area contributed by atoms with Crippen molar-refractivity contribution in [1.29, 1.82) is 0 Å². The highest BCUT2D eigenvalue weighted by atomic mass is 16.1. The Morgan fingerprint density at radius 2 is 1.77 bits per heavy atom. The number of nitrogens with zero attached hydrogens (tertiary/aromatic N) is 3. The van der Waals surface area contributed by atoms with Gasteiger partial charge in [-0.25, -0.2) is 9.97 Å². The molecule has 1 N–H and O–H groups in total. The number of pyridine rings is 1. The second-order valence-electron chi connectivity index (χ2n) is 9.16. The van der Waals surface area contributed by atoms with Crippen LogP contribution in [0.3, 0.4) is 0 Å². The first-order valence-corrected chi connectivity index (χ1v) is 11.7. The minimum Gasteiger partial charge on any atom is -0.356 e. The molecule has 0 unspecified atom stereocenters. The molecule has 2 saturated carbocycles. The van der Waals surface area contributed by atoms with Crippen molar-refractivity contribution < 1.29 is 4.79 Å². The van der Waals surface area contributed by atoms with E-state index in [2.05, 4.69) is 15.3 Å². The molecule has 5 nitrogen and oxygen atoms in total. The molecule has 160 valence electrons. The summed E-state index contributed by atoms with van der Waals surface area (Å²) in [4.78, 5) is 25.6. The van der Waals surface area contributed by atoms with E-state index in [1.54, 1.807) is 0 Å². The molecule has 0 spiro atoms. The average molecular weight is 407 g/mol. The van der Waals surface area contributed by atoms with Crippen LogP contribution in [-0.4, -0.2) is 27.4 Å². The Morgan fingerprint density at radius 1 is 1.03 bits per heavy atom. The van der Waals surface area contributed by atoms with Crippen LogP contribution < -0.4 is 5.32 Å². The highest BCUT2D eigenvalue weighted by molar-refractivity contribution is 5.75. The number of hydrogen-bond donors (Lipinski definition) is 1. The van der Waals surface area contributed by atoms with E-state index in [-0.39, 0.29) is 5.91 Å². The molecule has 0 atom stereocenters. The van der Waals surface area contributed by atoms with Gasteiger partial charge in [-0.05, 0) is 68.6 Å². The van der Waals surface area contributed by atoms with Gasteiger partial charge in [0.15, 0.2) is 0 Å². The number of carbonyl (C=O) groups excluding carboxylic acids is 1. The number of nitrogens with one attached hydrogen (secondary N) is 1. The molecule has 0 radical (unpaired) electrons. The van der Waals surface area contributed by atoms with Gasteiger partial charge in [0.1, 0.15) is 5.82 Å². The van der Waals surface area contributed by atoms with Crippen LogP contribution in [0.25, 0.3) is 11.1 Å². The maximum Gasteiger partial charge on any atom is 0.220 e. The molecule has 4 rings (SSSR count). The summed E-state index contributed by atoms with van der Waals surface area (Å²) in [6.07, 6.45) is 17.3. The van der Waals surface area contributed by atoms with Crippen LogP contribution in [0.15, 0.2) is 30.7 Å². The quantitative estimate of drug-likeness (QED) is 0.685. The normalized spacial score (nSPS) is 22.2. The molecule has 2 heterocycles. The van der Waals surface area contributed by atoms with Gasteiger partial charge in [0, 0.05) is 43.0 Å². The third kappa shape index (κ3) is 5.44. The van der Waals surface area contributed by atoms with E-state index in [0.717, 1.165) is 61.5 Å². The Morgan fingerprint density at radius 3 is 2.50 bits per heavy atom. The topological polar surface area (TPSA) is 67.8 Å². The van der Waals surface area contributed by atoms with Gasteiger partial charge >= 0.3 is 0 Å². The first kappa shape index (κ1) is 21.0.